The van der Waals surface area contributed by atoms with Crippen LogP contribution < -0.4 is 0 Å². The minimum absolute atomic E-state index is 0.388. The Labute approximate surface area is 150 Å². The van der Waals surface area contributed by atoms with Gasteiger partial charge >= 0.3 is 0 Å². The van der Waals surface area contributed by atoms with E-state index >= 15 is 0 Å². The first-order valence-corrected chi connectivity index (χ1v) is 8.12. The quantitative estimate of drug-likeness (QED) is 0.467. The first kappa shape index (κ1) is 16.6. The van der Waals surface area contributed by atoms with Gasteiger partial charge in [-0.3, -0.25) is 0 Å². The number of imidazole rings is 1. The molecule has 0 aliphatic carbocycles. The SMILES string of the molecule is Clc1ccc(C(Cn2ccnc2)=NOCc2ccccc2)c(Cl)c1. The molecule has 0 aliphatic rings. The third-order valence-electron chi connectivity index (χ3n) is 3.38. The second-order valence-corrected chi connectivity index (χ2v) is 6.00. The Morgan fingerprint density at radius 1 is 1.12 bits per heavy atom. The molecule has 0 amide bonds. The van der Waals surface area contributed by atoms with Gasteiger partial charge in [-0.2, -0.15) is 0 Å². The Kier molecular flexibility index (Phi) is 5.51. The van der Waals surface area contributed by atoms with Gasteiger partial charge in [0, 0.05) is 23.0 Å². The zero-order chi connectivity index (χ0) is 16.8. The van der Waals surface area contributed by atoms with Gasteiger partial charge in [0.25, 0.3) is 0 Å². The van der Waals surface area contributed by atoms with Crippen LogP contribution in [0.4, 0.5) is 0 Å². The maximum atomic E-state index is 6.31. The highest BCUT2D eigenvalue weighted by atomic mass is 35.5. The maximum Gasteiger partial charge on any atom is 0.142 e. The number of aromatic nitrogens is 2. The van der Waals surface area contributed by atoms with Crippen molar-refractivity contribution in [3.8, 4) is 0 Å². The standard InChI is InChI=1S/C18H15Cl2N3O/c19-15-6-7-16(17(20)10-15)18(11-23-9-8-21-13-23)22-24-12-14-4-2-1-3-5-14/h1-10,13H,11-12H2. The number of hydrogen-bond acceptors (Lipinski definition) is 3. The predicted octanol–water partition coefficient (Wildman–Crippen LogP) is 4.81. The molecule has 0 radical (unpaired) electrons. The van der Waals surface area contributed by atoms with Crippen molar-refractivity contribution in [1.82, 2.24) is 9.55 Å². The van der Waals surface area contributed by atoms with Crippen LogP contribution in [0.2, 0.25) is 10.0 Å². The summed E-state index contributed by atoms with van der Waals surface area (Å²) >= 11 is 12.3. The molecule has 0 N–H and O–H groups in total. The van der Waals surface area contributed by atoms with E-state index in [-0.39, 0.29) is 0 Å². The summed E-state index contributed by atoms with van der Waals surface area (Å²) in [5, 5.41) is 5.41. The van der Waals surface area contributed by atoms with Gasteiger partial charge in [0.05, 0.1) is 17.9 Å². The topological polar surface area (TPSA) is 39.4 Å². The molecule has 6 heteroatoms. The van der Waals surface area contributed by atoms with Crippen molar-refractivity contribution in [2.45, 2.75) is 13.2 Å². The third kappa shape index (κ3) is 4.37. The summed E-state index contributed by atoms with van der Waals surface area (Å²) in [6.07, 6.45) is 5.29. The summed E-state index contributed by atoms with van der Waals surface area (Å²) in [5.41, 5.74) is 2.53. The fourth-order valence-corrected chi connectivity index (χ4v) is 2.72. The lowest BCUT2D eigenvalue weighted by Gasteiger charge is -2.10. The average Bonchev–Trinajstić information content (AvgIpc) is 3.08. The second-order valence-electron chi connectivity index (χ2n) is 5.16. The van der Waals surface area contributed by atoms with Crippen LogP contribution in [-0.4, -0.2) is 15.3 Å². The molecule has 0 atom stereocenters. The Hall–Kier alpha value is -2.30. The van der Waals surface area contributed by atoms with Crippen molar-refractivity contribution in [3.63, 3.8) is 0 Å². The van der Waals surface area contributed by atoms with Gasteiger partial charge in [0.15, 0.2) is 0 Å². The molecule has 3 rings (SSSR count). The molecule has 0 saturated carbocycles. The lowest BCUT2D eigenvalue weighted by Crippen LogP contribution is -2.12. The molecular weight excluding hydrogens is 345 g/mol. The van der Waals surface area contributed by atoms with Crippen LogP contribution in [0.3, 0.4) is 0 Å². The van der Waals surface area contributed by atoms with Crippen molar-refractivity contribution in [3.05, 3.63) is 88.4 Å². The van der Waals surface area contributed by atoms with E-state index in [0.29, 0.717) is 28.9 Å². The molecule has 2 aromatic carbocycles. The van der Waals surface area contributed by atoms with Crippen molar-refractivity contribution < 1.29 is 4.84 Å². The van der Waals surface area contributed by atoms with Crippen molar-refractivity contribution in [1.29, 1.82) is 0 Å². The zero-order valence-corrected chi connectivity index (χ0v) is 14.3. The summed E-state index contributed by atoms with van der Waals surface area (Å²) in [6.45, 7) is 0.885. The smallest absolute Gasteiger partial charge is 0.142 e. The molecular formula is C18H15Cl2N3O. The van der Waals surface area contributed by atoms with Crippen LogP contribution in [0.5, 0.6) is 0 Å². The molecule has 3 aromatic rings. The monoisotopic (exact) mass is 359 g/mol. The fourth-order valence-electron chi connectivity index (χ4n) is 2.20. The number of oxime groups is 1. The summed E-state index contributed by atoms with van der Waals surface area (Å²) < 4.78 is 1.90. The average molecular weight is 360 g/mol. The molecule has 0 unspecified atom stereocenters. The molecule has 122 valence electrons. The van der Waals surface area contributed by atoms with E-state index in [0.717, 1.165) is 11.1 Å². The summed E-state index contributed by atoms with van der Waals surface area (Å²) in [4.78, 5) is 9.58. The Balaban J connectivity index is 1.82. The van der Waals surface area contributed by atoms with Crippen LogP contribution >= 0.6 is 23.2 Å². The van der Waals surface area contributed by atoms with Crippen molar-refractivity contribution >= 4 is 28.9 Å². The highest BCUT2D eigenvalue weighted by Gasteiger charge is 2.11. The zero-order valence-electron chi connectivity index (χ0n) is 12.8. The predicted molar refractivity (Wildman–Crippen MR) is 96.5 cm³/mol. The maximum absolute atomic E-state index is 6.31. The van der Waals surface area contributed by atoms with Gasteiger partial charge in [-0.25, -0.2) is 4.98 Å². The van der Waals surface area contributed by atoms with E-state index in [2.05, 4.69) is 10.1 Å². The number of nitrogens with zero attached hydrogens (tertiary/aromatic N) is 3. The molecule has 1 aromatic heterocycles. The van der Waals surface area contributed by atoms with Gasteiger partial charge in [0.2, 0.25) is 0 Å². The highest BCUT2D eigenvalue weighted by molar-refractivity contribution is 6.37. The number of benzene rings is 2. The molecule has 0 bridgehead atoms. The van der Waals surface area contributed by atoms with E-state index in [1.807, 2.05) is 47.2 Å². The van der Waals surface area contributed by atoms with Gasteiger partial charge in [-0.15, -0.1) is 0 Å². The van der Waals surface area contributed by atoms with Gasteiger partial charge in [-0.05, 0) is 23.8 Å². The molecule has 1 heterocycles. The Morgan fingerprint density at radius 2 is 1.96 bits per heavy atom. The van der Waals surface area contributed by atoms with Crippen LogP contribution in [-0.2, 0) is 18.0 Å². The van der Waals surface area contributed by atoms with E-state index in [1.165, 1.54) is 0 Å². The number of halogens is 2. The van der Waals surface area contributed by atoms with Crippen molar-refractivity contribution in [2.75, 3.05) is 0 Å². The number of rotatable bonds is 6. The van der Waals surface area contributed by atoms with Crippen LogP contribution in [0, 0.1) is 0 Å². The van der Waals surface area contributed by atoms with Gasteiger partial charge in [-0.1, -0.05) is 58.7 Å². The lowest BCUT2D eigenvalue weighted by molar-refractivity contribution is 0.130. The van der Waals surface area contributed by atoms with Crippen LogP contribution in [0.15, 0.2) is 72.4 Å². The Bertz CT molecular complexity index is 818. The summed E-state index contributed by atoms with van der Waals surface area (Å²) in [5.74, 6) is 0. The van der Waals surface area contributed by atoms with Gasteiger partial charge in [0.1, 0.15) is 12.3 Å². The fraction of sp³-hybridized carbons (Fsp3) is 0.111. The largest absolute Gasteiger partial charge is 0.391 e. The van der Waals surface area contributed by atoms with Gasteiger partial charge < -0.3 is 9.40 Å². The minimum atomic E-state index is 0.388. The second kappa shape index (κ2) is 7.99. The van der Waals surface area contributed by atoms with E-state index in [9.17, 15) is 0 Å². The van der Waals surface area contributed by atoms with E-state index < -0.39 is 0 Å². The first-order valence-electron chi connectivity index (χ1n) is 7.36. The molecule has 0 aliphatic heterocycles. The minimum Gasteiger partial charge on any atom is -0.391 e. The van der Waals surface area contributed by atoms with Crippen LogP contribution in [0.25, 0.3) is 0 Å². The molecule has 0 spiro atoms. The summed E-state index contributed by atoms with van der Waals surface area (Å²) in [6, 6.07) is 15.2. The molecule has 24 heavy (non-hydrogen) atoms. The Morgan fingerprint density at radius 3 is 2.67 bits per heavy atom. The first-order chi connectivity index (χ1) is 11.7. The molecule has 4 nitrogen and oxygen atoms in total. The third-order valence-corrected chi connectivity index (χ3v) is 3.93. The number of hydrogen-bond donors (Lipinski definition) is 0. The summed E-state index contributed by atoms with van der Waals surface area (Å²) in [7, 11) is 0. The lowest BCUT2D eigenvalue weighted by atomic mass is 10.1. The normalized spacial score (nSPS) is 11.5. The molecule has 0 saturated heterocycles. The van der Waals surface area contributed by atoms with E-state index in [1.54, 1.807) is 24.7 Å². The highest BCUT2D eigenvalue weighted by Crippen LogP contribution is 2.22. The van der Waals surface area contributed by atoms with Crippen molar-refractivity contribution in [2.24, 2.45) is 5.16 Å². The molecule has 0 fully saturated rings. The van der Waals surface area contributed by atoms with E-state index in [4.69, 9.17) is 28.0 Å². The van der Waals surface area contributed by atoms with Crippen LogP contribution in [0.1, 0.15) is 11.1 Å².